The van der Waals surface area contributed by atoms with Gasteiger partial charge in [-0.1, -0.05) is 5.57 Å². The molecule has 1 N–H and O–H groups in total. The molecule has 0 aliphatic carbocycles. The molecule has 0 bridgehead atoms. The van der Waals surface area contributed by atoms with Crippen molar-refractivity contribution < 1.29 is 4.79 Å². The fraction of sp³-hybridized carbons (Fsp3) is 0.600. The minimum absolute atomic E-state index is 0.0770. The van der Waals surface area contributed by atoms with Gasteiger partial charge < -0.3 is 5.32 Å². The zero-order valence-electron chi connectivity index (χ0n) is 8.64. The Hall–Kier alpha value is -1.30. The molecule has 3 heteroatoms. The number of carbonyl (C=O) groups excluding carboxylic acids is 1. The van der Waals surface area contributed by atoms with Gasteiger partial charge in [0, 0.05) is 11.6 Å². The first-order valence-corrected chi connectivity index (χ1v) is 4.31. The highest BCUT2D eigenvalue weighted by molar-refractivity contribution is 5.93. The summed E-state index contributed by atoms with van der Waals surface area (Å²) in [5.41, 5.74) is 1.73. The van der Waals surface area contributed by atoms with Crippen LogP contribution in [0.4, 0.5) is 0 Å². The summed E-state index contributed by atoms with van der Waals surface area (Å²) < 4.78 is 0. The second kappa shape index (κ2) is 5.36. The summed E-state index contributed by atoms with van der Waals surface area (Å²) >= 11 is 0. The molecule has 0 rings (SSSR count). The van der Waals surface area contributed by atoms with Crippen molar-refractivity contribution in [1.82, 2.24) is 5.32 Å². The Bertz CT molecular complexity index is 257. The normalized spacial score (nSPS) is 11.3. The number of nitrogens with one attached hydrogen (secondary N) is 1. The first-order chi connectivity index (χ1) is 5.99. The van der Waals surface area contributed by atoms with Gasteiger partial charge in [0.15, 0.2) is 0 Å². The number of hydrogen-bond donors (Lipinski definition) is 1. The minimum Gasteiger partial charge on any atom is -0.349 e. The number of nitriles is 1. The Morgan fingerprint density at radius 1 is 1.46 bits per heavy atom. The Morgan fingerprint density at radius 3 is 2.38 bits per heavy atom. The molecule has 0 saturated carbocycles. The molecule has 0 aliphatic rings. The Morgan fingerprint density at radius 2 is 2.00 bits per heavy atom. The van der Waals surface area contributed by atoms with Gasteiger partial charge in [-0.05, 0) is 27.7 Å². The first kappa shape index (κ1) is 11.7. The smallest absolute Gasteiger partial charge is 0.247 e. The molecule has 0 aromatic heterocycles. The van der Waals surface area contributed by atoms with Gasteiger partial charge in [-0.3, -0.25) is 4.79 Å². The van der Waals surface area contributed by atoms with Crippen LogP contribution in [0.3, 0.4) is 0 Å². The molecule has 13 heavy (non-hydrogen) atoms. The van der Waals surface area contributed by atoms with Crippen molar-refractivity contribution in [2.75, 3.05) is 0 Å². The van der Waals surface area contributed by atoms with Crippen molar-refractivity contribution in [3.8, 4) is 6.07 Å². The summed E-state index contributed by atoms with van der Waals surface area (Å²) in [5, 5.41) is 11.1. The van der Waals surface area contributed by atoms with Crippen molar-refractivity contribution in [2.45, 2.75) is 40.2 Å². The molecule has 0 fully saturated rings. The molecule has 1 unspecified atom stereocenters. The topological polar surface area (TPSA) is 52.9 Å². The van der Waals surface area contributed by atoms with Crippen molar-refractivity contribution in [1.29, 1.82) is 5.26 Å². The molecule has 72 valence electrons. The lowest BCUT2D eigenvalue weighted by Crippen LogP contribution is -2.33. The summed E-state index contributed by atoms with van der Waals surface area (Å²) in [5.74, 6) is -0.0808. The Balaban J connectivity index is 4.18. The van der Waals surface area contributed by atoms with Crippen LogP contribution < -0.4 is 5.32 Å². The van der Waals surface area contributed by atoms with E-state index in [9.17, 15) is 4.79 Å². The second-order valence-corrected chi connectivity index (χ2v) is 3.36. The average molecular weight is 180 g/mol. The molecule has 3 nitrogen and oxygen atoms in total. The van der Waals surface area contributed by atoms with Gasteiger partial charge in [0.25, 0.3) is 0 Å². The molecule has 0 heterocycles. The highest BCUT2D eigenvalue weighted by Gasteiger charge is 2.08. The molecule has 0 radical (unpaired) electrons. The third-order valence-corrected chi connectivity index (χ3v) is 1.87. The molecule has 1 amide bonds. The van der Waals surface area contributed by atoms with Gasteiger partial charge in [0.05, 0.1) is 12.5 Å². The fourth-order valence-electron chi connectivity index (χ4n) is 0.747. The van der Waals surface area contributed by atoms with Crippen LogP contribution in [0.2, 0.25) is 0 Å². The lowest BCUT2D eigenvalue weighted by Gasteiger charge is -2.11. The summed E-state index contributed by atoms with van der Waals surface area (Å²) in [7, 11) is 0. The highest BCUT2D eigenvalue weighted by Crippen LogP contribution is 2.02. The number of allylic oxidation sites excluding steroid dienone is 1. The van der Waals surface area contributed by atoms with Gasteiger partial charge in [0.1, 0.15) is 0 Å². The molecular weight excluding hydrogens is 164 g/mol. The Labute approximate surface area is 79.4 Å². The summed E-state index contributed by atoms with van der Waals surface area (Å²) in [6, 6.07) is 1.93. The maximum Gasteiger partial charge on any atom is 0.247 e. The van der Waals surface area contributed by atoms with Crippen LogP contribution in [0, 0.1) is 11.3 Å². The fourth-order valence-corrected chi connectivity index (χ4v) is 0.747. The van der Waals surface area contributed by atoms with Crippen LogP contribution >= 0.6 is 0 Å². The maximum atomic E-state index is 11.4. The van der Waals surface area contributed by atoms with Gasteiger partial charge in [-0.2, -0.15) is 5.26 Å². The van der Waals surface area contributed by atoms with E-state index in [1.54, 1.807) is 6.92 Å². The van der Waals surface area contributed by atoms with Gasteiger partial charge in [-0.25, -0.2) is 0 Å². The quantitative estimate of drug-likeness (QED) is 0.673. The van der Waals surface area contributed by atoms with Crippen molar-refractivity contribution in [2.24, 2.45) is 0 Å². The lowest BCUT2D eigenvalue weighted by molar-refractivity contribution is -0.118. The zero-order chi connectivity index (χ0) is 10.4. The van der Waals surface area contributed by atoms with E-state index < -0.39 is 0 Å². The zero-order valence-corrected chi connectivity index (χ0v) is 8.64. The van der Waals surface area contributed by atoms with Crippen LogP contribution in [-0.4, -0.2) is 11.9 Å². The van der Waals surface area contributed by atoms with Crippen LogP contribution in [-0.2, 0) is 4.79 Å². The number of amides is 1. The van der Waals surface area contributed by atoms with Crippen molar-refractivity contribution >= 4 is 5.91 Å². The second-order valence-electron chi connectivity index (χ2n) is 3.36. The van der Waals surface area contributed by atoms with E-state index in [4.69, 9.17) is 5.26 Å². The Kier molecular flexibility index (Phi) is 4.83. The average Bonchev–Trinajstić information content (AvgIpc) is 2.03. The van der Waals surface area contributed by atoms with Crippen molar-refractivity contribution in [3.05, 3.63) is 11.1 Å². The van der Waals surface area contributed by atoms with E-state index >= 15 is 0 Å². The molecule has 0 aliphatic heterocycles. The van der Waals surface area contributed by atoms with Crippen molar-refractivity contribution in [3.63, 3.8) is 0 Å². The molecule has 0 saturated heterocycles. The van der Waals surface area contributed by atoms with E-state index in [1.165, 1.54) is 0 Å². The van der Waals surface area contributed by atoms with Crippen LogP contribution in [0.25, 0.3) is 0 Å². The number of rotatable bonds is 3. The molecule has 1 atom stereocenters. The third kappa shape index (κ3) is 4.32. The largest absolute Gasteiger partial charge is 0.349 e. The summed E-state index contributed by atoms with van der Waals surface area (Å²) in [6.07, 6.45) is 0.349. The summed E-state index contributed by atoms with van der Waals surface area (Å²) in [4.78, 5) is 11.4. The van der Waals surface area contributed by atoms with E-state index in [2.05, 4.69) is 5.32 Å². The lowest BCUT2D eigenvalue weighted by atomic mass is 10.1. The molecule has 0 aromatic carbocycles. The van der Waals surface area contributed by atoms with Crippen LogP contribution in [0.5, 0.6) is 0 Å². The predicted molar refractivity (Wildman–Crippen MR) is 51.9 cm³/mol. The van der Waals surface area contributed by atoms with Gasteiger partial charge >= 0.3 is 0 Å². The van der Waals surface area contributed by atoms with E-state index in [-0.39, 0.29) is 11.9 Å². The number of hydrogen-bond acceptors (Lipinski definition) is 2. The summed E-state index contributed by atoms with van der Waals surface area (Å²) in [6.45, 7) is 7.39. The minimum atomic E-state index is -0.0808. The first-order valence-electron chi connectivity index (χ1n) is 4.31. The van der Waals surface area contributed by atoms with E-state index in [0.717, 1.165) is 11.1 Å². The SMILES string of the molecule is CC(C)=C(C)C(=O)NC(C)CC#N. The highest BCUT2D eigenvalue weighted by atomic mass is 16.1. The van der Waals surface area contributed by atoms with E-state index in [1.807, 2.05) is 26.8 Å². The van der Waals surface area contributed by atoms with Gasteiger partial charge in [0.2, 0.25) is 5.91 Å². The van der Waals surface area contributed by atoms with Gasteiger partial charge in [-0.15, -0.1) is 0 Å². The monoisotopic (exact) mass is 180 g/mol. The number of carbonyl (C=O) groups is 1. The number of nitrogens with zero attached hydrogens (tertiary/aromatic N) is 1. The standard InChI is InChI=1S/C10H16N2O/c1-7(2)9(4)10(13)12-8(3)5-6-11/h8H,5H2,1-4H3,(H,12,13). The van der Waals surface area contributed by atoms with Crippen LogP contribution in [0.15, 0.2) is 11.1 Å². The third-order valence-electron chi connectivity index (χ3n) is 1.87. The maximum absolute atomic E-state index is 11.4. The van der Waals surface area contributed by atoms with Crippen LogP contribution in [0.1, 0.15) is 34.1 Å². The molecule has 0 spiro atoms. The predicted octanol–water partition coefficient (Wildman–Crippen LogP) is 1.76. The molecular formula is C10H16N2O. The molecule has 0 aromatic rings. The van der Waals surface area contributed by atoms with E-state index in [0.29, 0.717) is 6.42 Å².